The molecule has 1 aromatic carbocycles. The van der Waals surface area contributed by atoms with E-state index in [9.17, 15) is 0 Å². The summed E-state index contributed by atoms with van der Waals surface area (Å²) in [6.07, 6.45) is 7.46. The van der Waals surface area contributed by atoms with Gasteiger partial charge in [-0.25, -0.2) is 0 Å². The average molecular weight is 333 g/mol. The van der Waals surface area contributed by atoms with Crippen molar-refractivity contribution in [2.24, 2.45) is 4.99 Å². The van der Waals surface area contributed by atoms with Crippen molar-refractivity contribution in [1.82, 2.24) is 10.6 Å². The molecule has 1 saturated carbocycles. The van der Waals surface area contributed by atoms with Gasteiger partial charge in [-0.05, 0) is 49.8 Å². The number of ether oxygens (including phenoxy) is 2. The van der Waals surface area contributed by atoms with Crippen LogP contribution >= 0.6 is 0 Å². The van der Waals surface area contributed by atoms with Gasteiger partial charge in [0.25, 0.3) is 0 Å². The highest BCUT2D eigenvalue weighted by Crippen LogP contribution is 2.32. The van der Waals surface area contributed by atoms with Crippen molar-refractivity contribution >= 4 is 5.96 Å². The summed E-state index contributed by atoms with van der Waals surface area (Å²) in [7, 11) is 3.49. The molecule has 0 aromatic heterocycles. The van der Waals surface area contributed by atoms with E-state index in [0.717, 1.165) is 48.8 Å². The minimum absolute atomic E-state index is 0.337. The van der Waals surface area contributed by atoms with E-state index in [1.165, 1.54) is 19.3 Å². The molecular formula is C19H31N3O2. The van der Waals surface area contributed by atoms with Crippen molar-refractivity contribution in [2.75, 3.05) is 20.7 Å². The highest BCUT2D eigenvalue weighted by molar-refractivity contribution is 5.79. The zero-order valence-electron chi connectivity index (χ0n) is 15.2. The molecule has 134 valence electrons. The van der Waals surface area contributed by atoms with E-state index in [1.807, 2.05) is 12.1 Å². The molecule has 0 heterocycles. The fourth-order valence-corrected chi connectivity index (χ4v) is 2.90. The largest absolute Gasteiger partial charge is 0.493 e. The first kappa shape index (κ1) is 18.4. The maximum absolute atomic E-state index is 6.08. The SMILES string of the molecule is CCCCNC(=NC)NCc1ccc(OC2CCCC2)c(OC)c1. The summed E-state index contributed by atoms with van der Waals surface area (Å²) < 4.78 is 11.6. The lowest BCUT2D eigenvalue weighted by Gasteiger charge is -2.17. The van der Waals surface area contributed by atoms with Crippen molar-refractivity contribution < 1.29 is 9.47 Å². The molecule has 0 saturated heterocycles. The number of aliphatic imine (C=N–C) groups is 1. The van der Waals surface area contributed by atoms with Gasteiger partial charge in [0.15, 0.2) is 17.5 Å². The summed E-state index contributed by atoms with van der Waals surface area (Å²) in [5.41, 5.74) is 1.14. The Hall–Kier alpha value is -1.91. The molecule has 0 amide bonds. The van der Waals surface area contributed by atoms with E-state index in [2.05, 4.69) is 28.6 Å². The van der Waals surface area contributed by atoms with Crippen molar-refractivity contribution in [1.29, 1.82) is 0 Å². The standard InChI is InChI=1S/C19H31N3O2/c1-4-5-12-21-19(20-2)22-14-15-10-11-17(18(13-15)23-3)24-16-8-6-7-9-16/h10-11,13,16H,4-9,12,14H2,1-3H3,(H2,20,21,22). The molecule has 0 spiro atoms. The summed E-state index contributed by atoms with van der Waals surface area (Å²) in [6.45, 7) is 3.82. The summed E-state index contributed by atoms with van der Waals surface area (Å²) >= 11 is 0. The molecule has 5 heteroatoms. The maximum atomic E-state index is 6.08. The van der Waals surface area contributed by atoms with Crippen LogP contribution in [0.3, 0.4) is 0 Å². The van der Waals surface area contributed by atoms with E-state index in [4.69, 9.17) is 9.47 Å². The van der Waals surface area contributed by atoms with E-state index >= 15 is 0 Å². The predicted octanol–water partition coefficient (Wildman–Crippen LogP) is 3.48. The van der Waals surface area contributed by atoms with Crippen LogP contribution in [-0.4, -0.2) is 32.8 Å². The van der Waals surface area contributed by atoms with Crippen LogP contribution in [0.25, 0.3) is 0 Å². The number of benzene rings is 1. The zero-order chi connectivity index (χ0) is 17.2. The van der Waals surface area contributed by atoms with Crippen LogP contribution in [0.2, 0.25) is 0 Å². The van der Waals surface area contributed by atoms with E-state index in [1.54, 1.807) is 14.2 Å². The normalized spacial score (nSPS) is 15.4. The minimum atomic E-state index is 0.337. The molecule has 2 rings (SSSR count). The summed E-state index contributed by atoms with van der Waals surface area (Å²) in [4.78, 5) is 4.24. The number of rotatable bonds is 8. The van der Waals surface area contributed by atoms with Crippen molar-refractivity contribution in [3.05, 3.63) is 23.8 Å². The van der Waals surface area contributed by atoms with Gasteiger partial charge in [-0.2, -0.15) is 0 Å². The van der Waals surface area contributed by atoms with Crippen LogP contribution in [-0.2, 0) is 6.54 Å². The Bertz CT molecular complexity index is 525. The van der Waals surface area contributed by atoms with Gasteiger partial charge in [0.05, 0.1) is 13.2 Å². The van der Waals surface area contributed by atoms with Crippen LogP contribution in [0.15, 0.2) is 23.2 Å². The van der Waals surface area contributed by atoms with Gasteiger partial charge >= 0.3 is 0 Å². The lowest BCUT2D eigenvalue weighted by atomic mass is 10.2. The molecule has 0 unspecified atom stereocenters. The molecule has 24 heavy (non-hydrogen) atoms. The highest BCUT2D eigenvalue weighted by Gasteiger charge is 2.18. The van der Waals surface area contributed by atoms with Crippen molar-refractivity contribution in [3.8, 4) is 11.5 Å². The second-order valence-electron chi connectivity index (χ2n) is 6.22. The van der Waals surface area contributed by atoms with Crippen LogP contribution < -0.4 is 20.1 Å². The first-order valence-corrected chi connectivity index (χ1v) is 9.05. The minimum Gasteiger partial charge on any atom is -0.493 e. The molecule has 0 aliphatic heterocycles. The van der Waals surface area contributed by atoms with Gasteiger partial charge in [-0.15, -0.1) is 0 Å². The van der Waals surface area contributed by atoms with Crippen LogP contribution in [0.1, 0.15) is 51.0 Å². The Morgan fingerprint density at radius 3 is 2.67 bits per heavy atom. The Morgan fingerprint density at radius 1 is 1.21 bits per heavy atom. The lowest BCUT2D eigenvalue weighted by molar-refractivity contribution is 0.200. The molecule has 1 aliphatic carbocycles. The lowest BCUT2D eigenvalue weighted by Crippen LogP contribution is -2.37. The first-order valence-electron chi connectivity index (χ1n) is 9.05. The zero-order valence-corrected chi connectivity index (χ0v) is 15.2. The average Bonchev–Trinajstić information content (AvgIpc) is 3.12. The third-order valence-electron chi connectivity index (χ3n) is 4.33. The fraction of sp³-hybridized carbons (Fsp3) is 0.632. The quantitative estimate of drug-likeness (QED) is 0.434. The van der Waals surface area contributed by atoms with E-state index in [-0.39, 0.29) is 0 Å². The third kappa shape index (κ3) is 5.62. The number of hydrogen-bond donors (Lipinski definition) is 2. The molecule has 1 aromatic rings. The topological polar surface area (TPSA) is 54.9 Å². The van der Waals surface area contributed by atoms with Gasteiger partial charge < -0.3 is 20.1 Å². The molecular weight excluding hydrogens is 302 g/mol. The Balaban J connectivity index is 1.90. The molecule has 1 fully saturated rings. The Labute approximate surface area is 145 Å². The van der Waals surface area contributed by atoms with Crippen LogP contribution in [0, 0.1) is 0 Å². The number of guanidine groups is 1. The summed E-state index contributed by atoms with van der Waals surface area (Å²) in [6, 6.07) is 6.14. The second kappa shape index (κ2) is 10.1. The number of nitrogens with one attached hydrogen (secondary N) is 2. The predicted molar refractivity (Wildman–Crippen MR) is 99.0 cm³/mol. The molecule has 5 nitrogen and oxygen atoms in total. The molecule has 0 bridgehead atoms. The smallest absolute Gasteiger partial charge is 0.191 e. The van der Waals surface area contributed by atoms with Gasteiger partial charge in [0.2, 0.25) is 0 Å². The van der Waals surface area contributed by atoms with Gasteiger partial charge in [0.1, 0.15) is 0 Å². The monoisotopic (exact) mass is 333 g/mol. The number of unbranched alkanes of at least 4 members (excludes halogenated alkanes) is 1. The molecule has 0 atom stereocenters. The highest BCUT2D eigenvalue weighted by atomic mass is 16.5. The van der Waals surface area contributed by atoms with E-state index < -0.39 is 0 Å². The first-order chi connectivity index (χ1) is 11.8. The van der Waals surface area contributed by atoms with E-state index in [0.29, 0.717) is 12.6 Å². The summed E-state index contributed by atoms with van der Waals surface area (Å²) in [5.74, 6) is 2.47. The fourth-order valence-electron chi connectivity index (χ4n) is 2.90. The van der Waals surface area contributed by atoms with Gasteiger partial charge in [-0.1, -0.05) is 19.4 Å². The van der Waals surface area contributed by atoms with Crippen molar-refractivity contribution in [2.45, 2.75) is 58.1 Å². The Kier molecular flexibility index (Phi) is 7.72. The summed E-state index contributed by atoms with van der Waals surface area (Å²) in [5, 5.41) is 6.64. The number of methoxy groups -OCH3 is 1. The van der Waals surface area contributed by atoms with Crippen LogP contribution in [0.4, 0.5) is 0 Å². The van der Waals surface area contributed by atoms with Crippen molar-refractivity contribution in [3.63, 3.8) is 0 Å². The Morgan fingerprint density at radius 2 is 2.00 bits per heavy atom. The van der Waals surface area contributed by atoms with Gasteiger partial charge in [-0.3, -0.25) is 4.99 Å². The maximum Gasteiger partial charge on any atom is 0.191 e. The second-order valence-corrected chi connectivity index (χ2v) is 6.22. The molecule has 1 aliphatic rings. The molecule has 2 N–H and O–H groups in total. The van der Waals surface area contributed by atoms with Crippen LogP contribution in [0.5, 0.6) is 11.5 Å². The third-order valence-corrected chi connectivity index (χ3v) is 4.33. The molecule has 0 radical (unpaired) electrons. The van der Waals surface area contributed by atoms with Gasteiger partial charge in [0, 0.05) is 20.1 Å². The number of hydrogen-bond acceptors (Lipinski definition) is 3. The number of nitrogens with zero attached hydrogens (tertiary/aromatic N) is 1.